The van der Waals surface area contributed by atoms with Crippen LogP contribution in [-0.4, -0.2) is 12.5 Å². The average molecular weight is 210 g/mol. The summed E-state index contributed by atoms with van der Waals surface area (Å²) >= 11 is 0. The second-order valence-electron chi connectivity index (χ2n) is 3.48. The molecule has 0 aliphatic carbocycles. The van der Waals surface area contributed by atoms with Gasteiger partial charge in [0.1, 0.15) is 5.78 Å². The predicted molar refractivity (Wildman–Crippen MR) is 48.9 cm³/mol. The molecule has 0 fully saturated rings. The molecule has 0 saturated heterocycles. The molecule has 80 valence electrons. The Kier molecular flexibility index (Phi) is 8.64. The predicted octanol–water partition coefficient (Wildman–Crippen LogP) is 0.135. The largest absolute Gasteiger partial charge is 1.00 e. The molecule has 0 spiro atoms. The number of carbonyl (C=O) groups is 1. The summed E-state index contributed by atoms with van der Waals surface area (Å²) in [6.45, 7) is 5.61. The van der Waals surface area contributed by atoms with Crippen LogP contribution in [0, 0.1) is 5.41 Å². The van der Waals surface area contributed by atoms with Crippen LogP contribution in [0.25, 0.3) is 0 Å². The van der Waals surface area contributed by atoms with E-state index in [1.807, 2.05) is 20.8 Å². The Bertz CT molecular complexity index is 144. The van der Waals surface area contributed by atoms with E-state index in [9.17, 15) is 9.18 Å². The number of ketones is 1. The van der Waals surface area contributed by atoms with Gasteiger partial charge in [-0.3, -0.25) is 9.18 Å². The summed E-state index contributed by atoms with van der Waals surface area (Å²) < 4.78 is 11.8. The van der Waals surface area contributed by atoms with Crippen molar-refractivity contribution in [3.05, 3.63) is 0 Å². The van der Waals surface area contributed by atoms with E-state index >= 15 is 0 Å². The summed E-state index contributed by atoms with van der Waals surface area (Å²) in [5.41, 5.74) is -0.213. The van der Waals surface area contributed by atoms with Gasteiger partial charge in [-0.2, -0.15) is 0 Å². The highest BCUT2D eigenvalue weighted by atomic mass is 35.5. The minimum atomic E-state index is -0.380. The van der Waals surface area contributed by atoms with Gasteiger partial charge in [-0.15, -0.1) is 0 Å². The van der Waals surface area contributed by atoms with Crippen molar-refractivity contribution in [2.75, 3.05) is 6.67 Å². The van der Waals surface area contributed by atoms with Gasteiger partial charge in [0.25, 0.3) is 0 Å². The maximum absolute atomic E-state index is 11.8. The number of halogens is 2. The molecule has 0 radical (unpaired) electrons. The second kappa shape index (κ2) is 7.31. The third kappa shape index (κ3) is 4.61. The lowest BCUT2D eigenvalue weighted by molar-refractivity contribution is -0.128. The first-order valence-corrected chi connectivity index (χ1v) is 4.70. The molecular formula is C10H19ClFO-. The van der Waals surface area contributed by atoms with Crippen LogP contribution in [0.15, 0.2) is 0 Å². The number of rotatable bonds is 6. The van der Waals surface area contributed by atoms with Crippen LogP contribution in [-0.2, 0) is 4.79 Å². The molecule has 0 aromatic rings. The topological polar surface area (TPSA) is 17.1 Å². The molecule has 0 heterocycles. The second-order valence-corrected chi connectivity index (χ2v) is 3.48. The zero-order valence-electron chi connectivity index (χ0n) is 8.70. The van der Waals surface area contributed by atoms with Gasteiger partial charge in [-0.25, -0.2) is 0 Å². The lowest BCUT2D eigenvalue weighted by atomic mass is 9.79. The molecule has 0 aromatic carbocycles. The molecule has 0 amide bonds. The zero-order chi connectivity index (χ0) is 9.61. The van der Waals surface area contributed by atoms with Gasteiger partial charge in [-0.05, 0) is 19.3 Å². The van der Waals surface area contributed by atoms with E-state index in [0.717, 1.165) is 12.8 Å². The minimum absolute atomic E-state index is 0. The first-order chi connectivity index (χ1) is 5.60. The van der Waals surface area contributed by atoms with Crippen LogP contribution in [0.2, 0.25) is 0 Å². The zero-order valence-corrected chi connectivity index (χ0v) is 9.46. The molecule has 0 aromatic heterocycles. The summed E-state index contributed by atoms with van der Waals surface area (Å²) in [6, 6.07) is 0. The molecular weight excluding hydrogens is 191 g/mol. The van der Waals surface area contributed by atoms with Crippen LogP contribution < -0.4 is 12.4 Å². The quantitative estimate of drug-likeness (QED) is 0.608. The number of carbonyl (C=O) groups excluding carboxylic acids is 1. The third-order valence-corrected chi connectivity index (χ3v) is 2.77. The lowest BCUT2D eigenvalue weighted by Gasteiger charge is -2.24. The van der Waals surface area contributed by atoms with Crippen LogP contribution >= 0.6 is 0 Å². The summed E-state index contributed by atoms with van der Waals surface area (Å²) in [5, 5.41) is 0. The van der Waals surface area contributed by atoms with E-state index in [2.05, 4.69) is 0 Å². The Morgan fingerprint density at radius 3 is 2.08 bits per heavy atom. The van der Waals surface area contributed by atoms with E-state index in [0.29, 0.717) is 12.8 Å². The van der Waals surface area contributed by atoms with E-state index in [4.69, 9.17) is 0 Å². The molecule has 0 unspecified atom stereocenters. The monoisotopic (exact) mass is 209 g/mol. The van der Waals surface area contributed by atoms with Gasteiger partial charge >= 0.3 is 0 Å². The molecule has 0 bridgehead atoms. The Balaban J connectivity index is 0. The standard InChI is InChI=1S/C10H19FO.ClH/c1-4-10(3,5-2)9(12)7-6-8-11;/h4-8H2,1-3H3;1H/p-1. The first kappa shape index (κ1) is 15.4. The highest BCUT2D eigenvalue weighted by Gasteiger charge is 2.27. The summed E-state index contributed by atoms with van der Waals surface area (Å²) in [4.78, 5) is 11.5. The molecule has 0 aliphatic rings. The van der Waals surface area contributed by atoms with Crippen molar-refractivity contribution in [2.45, 2.75) is 46.5 Å². The number of hydrogen-bond donors (Lipinski definition) is 0. The maximum atomic E-state index is 11.8. The average Bonchev–Trinajstić information content (AvgIpc) is 2.12. The van der Waals surface area contributed by atoms with Gasteiger partial charge < -0.3 is 12.4 Å². The fraction of sp³-hybridized carbons (Fsp3) is 0.900. The molecule has 0 saturated carbocycles. The molecule has 0 atom stereocenters. The van der Waals surface area contributed by atoms with Crippen LogP contribution in [0.4, 0.5) is 4.39 Å². The number of hydrogen-bond acceptors (Lipinski definition) is 1. The Hall–Kier alpha value is -0.110. The molecule has 3 heteroatoms. The van der Waals surface area contributed by atoms with E-state index in [-0.39, 0.29) is 30.3 Å². The fourth-order valence-electron chi connectivity index (χ4n) is 1.17. The van der Waals surface area contributed by atoms with Crippen molar-refractivity contribution in [1.82, 2.24) is 0 Å². The molecule has 0 N–H and O–H groups in total. The summed E-state index contributed by atoms with van der Waals surface area (Å²) in [5.74, 6) is 0.213. The van der Waals surface area contributed by atoms with Crippen molar-refractivity contribution in [3.63, 3.8) is 0 Å². The van der Waals surface area contributed by atoms with Crippen LogP contribution in [0.5, 0.6) is 0 Å². The first-order valence-electron chi connectivity index (χ1n) is 4.70. The Morgan fingerprint density at radius 1 is 1.31 bits per heavy atom. The number of alkyl halides is 1. The van der Waals surface area contributed by atoms with Gasteiger partial charge in [0, 0.05) is 11.8 Å². The van der Waals surface area contributed by atoms with Crippen molar-refractivity contribution in [3.8, 4) is 0 Å². The molecule has 0 rings (SSSR count). The Morgan fingerprint density at radius 2 is 1.77 bits per heavy atom. The van der Waals surface area contributed by atoms with E-state index in [1.54, 1.807) is 0 Å². The van der Waals surface area contributed by atoms with Crippen molar-refractivity contribution in [2.24, 2.45) is 5.41 Å². The summed E-state index contributed by atoms with van der Waals surface area (Å²) in [6.07, 6.45) is 2.49. The smallest absolute Gasteiger partial charge is 0.138 e. The van der Waals surface area contributed by atoms with Gasteiger partial charge in [0.2, 0.25) is 0 Å². The van der Waals surface area contributed by atoms with E-state index in [1.165, 1.54) is 0 Å². The number of Topliss-reactive ketones (excluding diaryl/α,β-unsaturated/α-hetero) is 1. The Labute approximate surface area is 86.5 Å². The van der Waals surface area contributed by atoms with Crippen molar-refractivity contribution < 1.29 is 21.6 Å². The highest BCUT2D eigenvalue weighted by Crippen LogP contribution is 2.28. The third-order valence-electron chi connectivity index (χ3n) is 2.77. The maximum Gasteiger partial charge on any atom is 0.138 e. The fourth-order valence-corrected chi connectivity index (χ4v) is 1.17. The summed E-state index contributed by atoms with van der Waals surface area (Å²) in [7, 11) is 0. The van der Waals surface area contributed by atoms with Gasteiger partial charge in [0.15, 0.2) is 0 Å². The SMILES string of the molecule is CCC(C)(CC)C(=O)CCCF.[Cl-]. The lowest BCUT2D eigenvalue weighted by Crippen LogP contribution is -3.00. The van der Waals surface area contributed by atoms with Gasteiger partial charge in [-0.1, -0.05) is 20.8 Å². The normalized spacial score (nSPS) is 10.8. The molecule has 1 nitrogen and oxygen atoms in total. The highest BCUT2D eigenvalue weighted by molar-refractivity contribution is 5.84. The van der Waals surface area contributed by atoms with Crippen LogP contribution in [0.3, 0.4) is 0 Å². The minimum Gasteiger partial charge on any atom is -1.00 e. The van der Waals surface area contributed by atoms with Gasteiger partial charge in [0.05, 0.1) is 6.67 Å². The van der Waals surface area contributed by atoms with E-state index < -0.39 is 0 Å². The van der Waals surface area contributed by atoms with Crippen molar-refractivity contribution in [1.29, 1.82) is 0 Å². The molecule has 0 aliphatic heterocycles. The van der Waals surface area contributed by atoms with Crippen LogP contribution in [0.1, 0.15) is 46.5 Å². The molecule has 13 heavy (non-hydrogen) atoms. The van der Waals surface area contributed by atoms with Crippen molar-refractivity contribution >= 4 is 5.78 Å².